The molecule has 1 N–H and O–H groups in total. The molecular weight excluding hydrogens is 176 g/mol. The zero-order valence-corrected chi connectivity index (χ0v) is 9.71. The molecule has 2 atom stereocenters. The predicted molar refractivity (Wildman–Crippen MR) is 58.0 cm³/mol. The highest BCUT2D eigenvalue weighted by atomic mass is 16.2. The van der Waals surface area contributed by atoms with E-state index in [1.807, 2.05) is 18.9 Å². The van der Waals surface area contributed by atoms with Crippen LogP contribution < -0.4 is 5.32 Å². The molecule has 1 heterocycles. The Kier molecular flexibility index (Phi) is 3.93. The zero-order valence-electron chi connectivity index (χ0n) is 9.71. The van der Waals surface area contributed by atoms with Crippen LogP contribution in [0.2, 0.25) is 0 Å². The zero-order chi connectivity index (χ0) is 10.7. The van der Waals surface area contributed by atoms with Crippen LogP contribution in [0.3, 0.4) is 0 Å². The van der Waals surface area contributed by atoms with Gasteiger partial charge in [0.05, 0.1) is 0 Å². The van der Waals surface area contributed by atoms with Crippen molar-refractivity contribution >= 4 is 5.91 Å². The van der Waals surface area contributed by atoms with Gasteiger partial charge in [-0.1, -0.05) is 20.8 Å². The second-order valence-electron chi connectivity index (χ2n) is 4.69. The minimum atomic E-state index is 0.139. The van der Waals surface area contributed by atoms with Crippen LogP contribution >= 0.6 is 0 Å². The molecule has 0 bridgehead atoms. The molecule has 3 nitrogen and oxygen atoms in total. The molecule has 1 amide bonds. The third kappa shape index (κ3) is 2.71. The molecule has 2 unspecified atom stereocenters. The molecule has 1 aliphatic rings. The largest absolute Gasteiger partial charge is 0.344 e. The van der Waals surface area contributed by atoms with Crippen LogP contribution in [0.5, 0.6) is 0 Å². The highest BCUT2D eigenvalue weighted by Crippen LogP contribution is 2.13. The lowest BCUT2D eigenvalue weighted by atomic mass is 9.96. The minimum absolute atomic E-state index is 0.139. The summed E-state index contributed by atoms with van der Waals surface area (Å²) in [5.41, 5.74) is 0. The summed E-state index contributed by atoms with van der Waals surface area (Å²) in [6.07, 6.45) is 1.20. The van der Waals surface area contributed by atoms with E-state index in [0.717, 1.165) is 13.1 Å². The summed E-state index contributed by atoms with van der Waals surface area (Å²) in [4.78, 5) is 13.7. The van der Waals surface area contributed by atoms with Crippen molar-refractivity contribution < 1.29 is 4.79 Å². The van der Waals surface area contributed by atoms with Crippen LogP contribution in [0.25, 0.3) is 0 Å². The van der Waals surface area contributed by atoms with Gasteiger partial charge in [-0.2, -0.15) is 0 Å². The van der Waals surface area contributed by atoms with Crippen molar-refractivity contribution in [3.63, 3.8) is 0 Å². The topological polar surface area (TPSA) is 32.3 Å². The predicted octanol–water partition coefficient (Wildman–Crippen LogP) is 1.10. The molecule has 0 aliphatic carbocycles. The van der Waals surface area contributed by atoms with Crippen molar-refractivity contribution in [1.29, 1.82) is 0 Å². The van der Waals surface area contributed by atoms with Crippen molar-refractivity contribution in [1.82, 2.24) is 10.2 Å². The number of likely N-dealkylation sites (N-methyl/N-ethyl adjacent to an activating group) is 1. The Hall–Kier alpha value is -0.570. The summed E-state index contributed by atoms with van der Waals surface area (Å²) in [6.45, 7) is 8.16. The van der Waals surface area contributed by atoms with Gasteiger partial charge in [0.1, 0.15) is 0 Å². The van der Waals surface area contributed by atoms with Crippen molar-refractivity contribution in [2.45, 2.75) is 33.2 Å². The molecule has 0 aromatic rings. The third-order valence-electron chi connectivity index (χ3n) is 3.19. The first-order valence-electron chi connectivity index (χ1n) is 5.50. The SMILES string of the molecule is CC(C)C(C)C(=O)N(C)CC1CCN1. The van der Waals surface area contributed by atoms with E-state index < -0.39 is 0 Å². The van der Waals surface area contributed by atoms with Gasteiger partial charge in [-0.25, -0.2) is 0 Å². The van der Waals surface area contributed by atoms with E-state index in [4.69, 9.17) is 0 Å². The summed E-state index contributed by atoms with van der Waals surface area (Å²) in [5, 5.41) is 3.31. The fourth-order valence-corrected chi connectivity index (χ4v) is 1.56. The standard InChI is InChI=1S/C11H22N2O/c1-8(2)9(3)11(14)13(4)7-10-5-6-12-10/h8-10,12H,5-7H2,1-4H3. The number of nitrogens with one attached hydrogen (secondary N) is 1. The fourth-order valence-electron chi connectivity index (χ4n) is 1.56. The lowest BCUT2D eigenvalue weighted by Crippen LogP contribution is -2.51. The molecule has 14 heavy (non-hydrogen) atoms. The summed E-state index contributed by atoms with van der Waals surface area (Å²) in [7, 11) is 1.90. The lowest BCUT2D eigenvalue weighted by Gasteiger charge is -2.33. The quantitative estimate of drug-likeness (QED) is 0.733. The van der Waals surface area contributed by atoms with E-state index in [0.29, 0.717) is 12.0 Å². The summed E-state index contributed by atoms with van der Waals surface area (Å²) < 4.78 is 0. The van der Waals surface area contributed by atoms with Gasteiger partial charge in [0.25, 0.3) is 0 Å². The van der Waals surface area contributed by atoms with Gasteiger partial charge < -0.3 is 10.2 Å². The van der Waals surface area contributed by atoms with E-state index in [9.17, 15) is 4.79 Å². The number of amides is 1. The smallest absolute Gasteiger partial charge is 0.225 e. The Balaban J connectivity index is 2.34. The Morgan fingerprint density at radius 3 is 2.43 bits per heavy atom. The van der Waals surface area contributed by atoms with Gasteiger partial charge in [0.15, 0.2) is 0 Å². The van der Waals surface area contributed by atoms with Crippen LogP contribution in [0, 0.1) is 11.8 Å². The second kappa shape index (κ2) is 4.78. The van der Waals surface area contributed by atoms with Crippen LogP contribution in [0.1, 0.15) is 27.2 Å². The maximum Gasteiger partial charge on any atom is 0.225 e. The number of carbonyl (C=O) groups excluding carboxylic acids is 1. The molecular formula is C11H22N2O. The Morgan fingerprint density at radius 1 is 1.50 bits per heavy atom. The highest BCUT2D eigenvalue weighted by Gasteiger charge is 2.24. The highest BCUT2D eigenvalue weighted by molar-refractivity contribution is 5.78. The maximum atomic E-state index is 11.9. The second-order valence-corrected chi connectivity index (χ2v) is 4.69. The molecule has 1 fully saturated rings. The fraction of sp³-hybridized carbons (Fsp3) is 0.909. The maximum absolute atomic E-state index is 11.9. The number of hydrogen-bond donors (Lipinski definition) is 1. The molecule has 3 heteroatoms. The molecule has 0 saturated carbocycles. The van der Waals surface area contributed by atoms with Crippen LogP contribution in [0.15, 0.2) is 0 Å². The van der Waals surface area contributed by atoms with Gasteiger partial charge >= 0.3 is 0 Å². The molecule has 1 saturated heterocycles. The molecule has 82 valence electrons. The summed E-state index contributed by atoms with van der Waals surface area (Å²) in [5.74, 6) is 0.841. The van der Waals surface area contributed by atoms with Crippen molar-refractivity contribution in [2.24, 2.45) is 11.8 Å². The van der Waals surface area contributed by atoms with Crippen molar-refractivity contribution in [2.75, 3.05) is 20.1 Å². The van der Waals surface area contributed by atoms with Crippen LogP contribution in [0.4, 0.5) is 0 Å². The van der Waals surface area contributed by atoms with E-state index >= 15 is 0 Å². The van der Waals surface area contributed by atoms with Gasteiger partial charge in [-0.05, 0) is 18.9 Å². The Bertz CT molecular complexity index is 199. The van der Waals surface area contributed by atoms with Crippen molar-refractivity contribution in [3.8, 4) is 0 Å². The van der Waals surface area contributed by atoms with E-state index in [1.54, 1.807) is 0 Å². The molecule has 0 aromatic carbocycles. The molecule has 0 aromatic heterocycles. The lowest BCUT2D eigenvalue weighted by molar-refractivity contribution is -0.135. The first kappa shape index (κ1) is 11.5. The van der Waals surface area contributed by atoms with Crippen molar-refractivity contribution in [3.05, 3.63) is 0 Å². The first-order chi connectivity index (χ1) is 6.52. The Morgan fingerprint density at radius 2 is 2.07 bits per heavy atom. The minimum Gasteiger partial charge on any atom is -0.344 e. The third-order valence-corrected chi connectivity index (χ3v) is 3.19. The van der Waals surface area contributed by atoms with Gasteiger partial charge in [-0.15, -0.1) is 0 Å². The molecule has 1 aliphatic heterocycles. The average molecular weight is 198 g/mol. The monoisotopic (exact) mass is 198 g/mol. The average Bonchev–Trinajstić information content (AvgIpc) is 2.08. The molecule has 0 spiro atoms. The normalized spacial score (nSPS) is 23.1. The number of carbonyl (C=O) groups is 1. The first-order valence-corrected chi connectivity index (χ1v) is 5.50. The summed E-state index contributed by atoms with van der Waals surface area (Å²) in [6, 6.07) is 0.531. The van der Waals surface area contributed by atoms with E-state index in [1.165, 1.54) is 6.42 Å². The van der Waals surface area contributed by atoms with Crippen LogP contribution in [-0.4, -0.2) is 37.0 Å². The van der Waals surface area contributed by atoms with Gasteiger partial charge in [0.2, 0.25) is 5.91 Å². The van der Waals surface area contributed by atoms with E-state index in [2.05, 4.69) is 19.2 Å². The Labute approximate surface area is 86.9 Å². The van der Waals surface area contributed by atoms with E-state index in [-0.39, 0.29) is 11.8 Å². The number of hydrogen-bond acceptors (Lipinski definition) is 2. The van der Waals surface area contributed by atoms with Gasteiger partial charge in [0, 0.05) is 25.6 Å². The molecule has 1 rings (SSSR count). The molecule has 0 radical (unpaired) electrons. The van der Waals surface area contributed by atoms with Gasteiger partial charge in [-0.3, -0.25) is 4.79 Å². The van der Waals surface area contributed by atoms with Crippen LogP contribution in [-0.2, 0) is 4.79 Å². The number of rotatable bonds is 4. The number of nitrogens with zero attached hydrogens (tertiary/aromatic N) is 1. The summed E-state index contributed by atoms with van der Waals surface area (Å²) >= 11 is 0.